The van der Waals surface area contributed by atoms with Gasteiger partial charge >= 0.3 is 12.1 Å². The summed E-state index contributed by atoms with van der Waals surface area (Å²) in [4.78, 5) is 11.0. The van der Waals surface area contributed by atoms with Gasteiger partial charge in [0.05, 0.1) is 5.60 Å². The van der Waals surface area contributed by atoms with Gasteiger partial charge in [-0.05, 0) is 13.8 Å². The molecule has 0 radical (unpaired) electrons. The van der Waals surface area contributed by atoms with Crippen molar-refractivity contribution in [1.82, 2.24) is 4.90 Å². The van der Waals surface area contributed by atoms with E-state index >= 15 is 0 Å². The molecule has 0 saturated carbocycles. The van der Waals surface area contributed by atoms with Gasteiger partial charge in [0, 0.05) is 13.6 Å². The van der Waals surface area contributed by atoms with Crippen LogP contribution in [0.5, 0.6) is 0 Å². The first-order valence-electron chi connectivity index (χ1n) is 3.59. The fourth-order valence-corrected chi connectivity index (χ4v) is 0.869. The maximum Gasteiger partial charge on any atom is 0.471 e. The number of alkyl halides is 3. The van der Waals surface area contributed by atoms with Gasteiger partial charge in [0.1, 0.15) is 0 Å². The predicted octanol–water partition coefficient (Wildman–Crippen LogP) is 0.778. The lowest BCUT2D eigenvalue weighted by Crippen LogP contribution is -2.45. The second-order valence-electron chi connectivity index (χ2n) is 3.47. The molecule has 0 unspecified atom stereocenters. The van der Waals surface area contributed by atoms with E-state index in [1.807, 2.05) is 0 Å². The zero-order valence-electron chi connectivity index (χ0n) is 7.64. The van der Waals surface area contributed by atoms with Crippen molar-refractivity contribution < 1.29 is 23.1 Å². The molecule has 13 heavy (non-hydrogen) atoms. The van der Waals surface area contributed by atoms with Gasteiger partial charge in [-0.1, -0.05) is 0 Å². The van der Waals surface area contributed by atoms with Crippen LogP contribution < -0.4 is 0 Å². The number of amides is 1. The maximum atomic E-state index is 11.8. The van der Waals surface area contributed by atoms with Gasteiger partial charge in [0.25, 0.3) is 0 Å². The van der Waals surface area contributed by atoms with E-state index in [-0.39, 0.29) is 6.54 Å². The van der Waals surface area contributed by atoms with E-state index in [4.69, 9.17) is 5.11 Å². The number of carbonyl (C=O) groups excluding carboxylic acids is 1. The number of halogens is 3. The van der Waals surface area contributed by atoms with E-state index in [9.17, 15) is 18.0 Å². The highest BCUT2D eigenvalue weighted by atomic mass is 19.4. The first kappa shape index (κ1) is 12.2. The highest BCUT2D eigenvalue weighted by Gasteiger charge is 2.42. The quantitative estimate of drug-likeness (QED) is 0.713. The highest BCUT2D eigenvalue weighted by Crippen LogP contribution is 2.18. The molecule has 0 aromatic rings. The molecule has 0 bridgehead atoms. The molecule has 78 valence electrons. The van der Waals surface area contributed by atoms with Gasteiger partial charge in [-0.25, -0.2) is 0 Å². The zero-order chi connectivity index (χ0) is 10.9. The van der Waals surface area contributed by atoms with Crippen molar-refractivity contribution in [1.29, 1.82) is 0 Å². The van der Waals surface area contributed by atoms with Gasteiger partial charge in [-0.15, -0.1) is 0 Å². The molecule has 6 heteroatoms. The van der Waals surface area contributed by atoms with Crippen molar-refractivity contribution in [2.45, 2.75) is 25.6 Å². The minimum Gasteiger partial charge on any atom is -0.389 e. The molecule has 0 aromatic heterocycles. The maximum absolute atomic E-state index is 11.8. The Labute approximate surface area is 74.1 Å². The smallest absolute Gasteiger partial charge is 0.389 e. The number of likely N-dealkylation sites (N-methyl/N-ethyl adjacent to an activating group) is 1. The van der Waals surface area contributed by atoms with E-state index in [0.717, 1.165) is 7.05 Å². The lowest BCUT2D eigenvalue weighted by Gasteiger charge is -2.25. The fourth-order valence-electron chi connectivity index (χ4n) is 0.869. The fraction of sp³-hybridized carbons (Fsp3) is 0.857. The Bertz CT molecular complexity index is 195. The van der Waals surface area contributed by atoms with E-state index in [1.54, 1.807) is 0 Å². The predicted molar refractivity (Wildman–Crippen MR) is 40.0 cm³/mol. The first-order valence-corrected chi connectivity index (χ1v) is 3.59. The van der Waals surface area contributed by atoms with Crippen LogP contribution in [0.25, 0.3) is 0 Å². The summed E-state index contributed by atoms with van der Waals surface area (Å²) in [5, 5.41) is 9.14. The van der Waals surface area contributed by atoms with E-state index in [0.29, 0.717) is 4.90 Å². The summed E-state index contributed by atoms with van der Waals surface area (Å²) in [6.07, 6.45) is -4.88. The van der Waals surface area contributed by atoms with Crippen molar-refractivity contribution in [3.63, 3.8) is 0 Å². The molecule has 0 rings (SSSR count). The van der Waals surface area contributed by atoms with E-state index in [2.05, 4.69) is 0 Å². The van der Waals surface area contributed by atoms with E-state index < -0.39 is 17.7 Å². The van der Waals surface area contributed by atoms with Crippen molar-refractivity contribution in [3.05, 3.63) is 0 Å². The Balaban J connectivity index is 4.30. The third-order valence-electron chi connectivity index (χ3n) is 1.21. The average Bonchev–Trinajstić information content (AvgIpc) is 1.79. The Kier molecular flexibility index (Phi) is 3.32. The number of nitrogens with zero attached hydrogens (tertiary/aromatic N) is 1. The van der Waals surface area contributed by atoms with Crippen LogP contribution in [0.4, 0.5) is 13.2 Å². The van der Waals surface area contributed by atoms with Gasteiger partial charge < -0.3 is 10.0 Å². The third kappa shape index (κ3) is 4.72. The van der Waals surface area contributed by atoms with Crippen LogP contribution in [0, 0.1) is 0 Å². The zero-order valence-corrected chi connectivity index (χ0v) is 7.64. The van der Waals surface area contributed by atoms with Gasteiger partial charge in [-0.2, -0.15) is 13.2 Å². The molecule has 0 aliphatic carbocycles. The standard InChI is InChI=1S/C7H12F3NO2/c1-6(2,13)4-11(3)5(12)7(8,9)10/h13H,4H2,1-3H3. The summed E-state index contributed by atoms with van der Waals surface area (Å²) in [6.45, 7) is 2.30. The van der Waals surface area contributed by atoms with Crippen LogP contribution in [0.3, 0.4) is 0 Å². The van der Waals surface area contributed by atoms with Crippen LogP contribution in [-0.2, 0) is 4.79 Å². The summed E-state index contributed by atoms with van der Waals surface area (Å²) in [7, 11) is 0.994. The molecule has 1 amide bonds. The van der Waals surface area contributed by atoms with Crippen LogP contribution in [0.2, 0.25) is 0 Å². The number of aliphatic hydroxyl groups is 1. The molecule has 0 atom stereocenters. The van der Waals surface area contributed by atoms with Crippen LogP contribution in [0.1, 0.15) is 13.8 Å². The third-order valence-corrected chi connectivity index (χ3v) is 1.21. The first-order chi connectivity index (χ1) is 5.54. The largest absolute Gasteiger partial charge is 0.471 e. The number of hydrogen-bond donors (Lipinski definition) is 1. The van der Waals surface area contributed by atoms with Crippen LogP contribution in [0.15, 0.2) is 0 Å². The molecule has 0 fully saturated rings. The Morgan fingerprint density at radius 3 is 2.00 bits per heavy atom. The Morgan fingerprint density at radius 1 is 1.38 bits per heavy atom. The summed E-state index contributed by atoms with van der Waals surface area (Å²) in [5.41, 5.74) is -1.32. The molecular formula is C7H12F3NO2. The van der Waals surface area contributed by atoms with Crippen LogP contribution in [-0.4, -0.2) is 41.3 Å². The Morgan fingerprint density at radius 2 is 1.77 bits per heavy atom. The van der Waals surface area contributed by atoms with Crippen molar-refractivity contribution in [2.24, 2.45) is 0 Å². The van der Waals surface area contributed by atoms with Crippen molar-refractivity contribution >= 4 is 5.91 Å². The normalized spacial score (nSPS) is 12.8. The SMILES string of the molecule is CN(CC(C)(C)O)C(=O)C(F)(F)F. The molecule has 0 aliphatic heterocycles. The molecule has 0 aliphatic rings. The average molecular weight is 199 g/mol. The topological polar surface area (TPSA) is 40.5 Å². The van der Waals surface area contributed by atoms with Crippen molar-refractivity contribution in [3.8, 4) is 0 Å². The van der Waals surface area contributed by atoms with Gasteiger partial charge in [0.15, 0.2) is 0 Å². The van der Waals surface area contributed by atoms with E-state index in [1.165, 1.54) is 13.8 Å². The number of hydrogen-bond acceptors (Lipinski definition) is 2. The lowest BCUT2D eigenvalue weighted by atomic mass is 10.1. The molecule has 1 N–H and O–H groups in total. The highest BCUT2D eigenvalue weighted by molar-refractivity contribution is 5.81. The summed E-state index contributed by atoms with van der Waals surface area (Å²) < 4.78 is 35.4. The molecule has 0 heterocycles. The van der Waals surface area contributed by atoms with Crippen LogP contribution >= 0.6 is 0 Å². The number of carbonyl (C=O) groups is 1. The van der Waals surface area contributed by atoms with Gasteiger partial charge in [0.2, 0.25) is 0 Å². The summed E-state index contributed by atoms with van der Waals surface area (Å²) >= 11 is 0. The molecule has 0 aromatic carbocycles. The molecular weight excluding hydrogens is 187 g/mol. The molecule has 0 spiro atoms. The number of rotatable bonds is 2. The second kappa shape index (κ2) is 3.53. The monoisotopic (exact) mass is 199 g/mol. The minimum absolute atomic E-state index is 0.356. The summed E-state index contributed by atoms with van der Waals surface area (Å²) in [6, 6.07) is 0. The lowest BCUT2D eigenvalue weighted by molar-refractivity contribution is -0.186. The summed E-state index contributed by atoms with van der Waals surface area (Å²) in [5.74, 6) is -1.95. The molecule has 0 saturated heterocycles. The second-order valence-corrected chi connectivity index (χ2v) is 3.47. The van der Waals surface area contributed by atoms with Gasteiger partial charge in [-0.3, -0.25) is 4.79 Å². The minimum atomic E-state index is -4.88. The Hall–Kier alpha value is -0.780. The molecule has 3 nitrogen and oxygen atoms in total. The van der Waals surface area contributed by atoms with Crippen molar-refractivity contribution in [2.75, 3.05) is 13.6 Å².